The van der Waals surface area contributed by atoms with Crippen LogP contribution in [-0.2, 0) is 17.6 Å². The molecule has 0 aromatic heterocycles. The Kier molecular flexibility index (Phi) is 7.65. The summed E-state index contributed by atoms with van der Waals surface area (Å²) in [7, 11) is 0. The number of rotatable bonds is 8. The van der Waals surface area contributed by atoms with E-state index in [-0.39, 0.29) is 11.9 Å². The Morgan fingerprint density at radius 3 is 2.61 bits per heavy atom. The lowest BCUT2D eigenvalue weighted by Gasteiger charge is -2.31. The van der Waals surface area contributed by atoms with Crippen molar-refractivity contribution in [1.29, 1.82) is 0 Å². The van der Waals surface area contributed by atoms with Gasteiger partial charge in [-0.2, -0.15) is 0 Å². The van der Waals surface area contributed by atoms with Crippen molar-refractivity contribution in [3.63, 3.8) is 0 Å². The first-order chi connectivity index (χ1) is 17.5. The van der Waals surface area contributed by atoms with Crippen LogP contribution in [0.2, 0.25) is 0 Å². The summed E-state index contributed by atoms with van der Waals surface area (Å²) in [6.07, 6.45) is 14.2. The first-order valence-corrected chi connectivity index (χ1v) is 14.0. The number of hydrogen-bond acceptors (Lipinski definition) is 3. The van der Waals surface area contributed by atoms with Gasteiger partial charge in [0, 0.05) is 12.0 Å². The van der Waals surface area contributed by atoms with Crippen molar-refractivity contribution < 1.29 is 14.3 Å². The fraction of sp³-hybridized carbons (Fsp3) is 0.485. The smallest absolute Gasteiger partial charge is 0.228 e. The van der Waals surface area contributed by atoms with Gasteiger partial charge in [0.15, 0.2) is 5.76 Å². The average Bonchev–Trinajstić information content (AvgIpc) is 3.38. The summed E-state index contributed by atoms with van der Waals surface area (Å²) in [5, 5.41) is 0. The average molecular weight is 485 g/mol. The fourth-order valence-electron chi connectivity index (χ4n) is 6.54. The molecule has 4 atom stereocenters. The van der Waals surface area contributed by atoms with Crippen molar-refractivity contribution >= 4 is 5.78 Å². The summed E-state index contributed by atoms with van der Waals surface area (Å²) in [5.74, 6) is 4.16. The molecule has 3 aliphatic rings. The molecule has 0 radical (unpaired) electrons. The van der Waals surface area contributed by atoms with Crippen molar-refractivity contribution in [1.82, 2.24) is 0 Å². The highest BCUT2D eigenvalue weighted by Crippen LogP contribution is 2.41. The van der Waals surface area contributed by atoms with E-state index in [4.69, 9.17) is 9.47 Å². The van der Waals surface area contributed by atoms with E-state index < -0.39 is 0 Å². The molecule has 0 aliphatic heterocycles. The van der Waals surface area contributed by atoms with Crippen molar-refractivity contribution in [2.75, 3.05) is 0 Å². The van der Waals surface area contributed by atoms with Crippen molar-refractivity contribution in [3.05, 3.63) is 88.4 Å². The lowest BCUT2D eigenvalue weighted by atomic mass is 9.79. The molecule has 0 N–H and O–H groups in total. The number of hydrogen-bond donors (Lipinski definition) is 0. The maximum atomic E-state index is 13.1. The largest absolute Gasteiger partial charge is 0.490 e. The zero-order valence-electron chi connectivity index (χ0n) is 22.1. The van der Waals surface area contributed by atoms with E-state index in [1.54, 1.807) is 0 Å². The van der Waals surface area contributed by atoms with Gasteiger partial charge < -0.3 is 9.47 Å². The molecule has 0 saturated heterocycles. The Morgan fingerprint density at radius 2 is 1.81 bits per heavy atom. The number of fused-ring (bicyclic) bond motifs is 1. The van der Waals surface area contributed by atoms with Crippen LogP contribution in [-0.4, -0.2) is 11.9 Å². The minimum Gasteiger partial charge on any atom is -0.490 e. The van der Waals surface area contributed by atoms with E-state index in [2.05, 4.69) is 57.2 Å². The molecule has 0 heterocycles. The van der Waals surface area contributed by atoms with Crippen LogP contribution in [0.4, 0.5) is 0 Å². The van der Waals surface area contributed by atoms with Crippen LogP contribution in [0, 0.1) is 24.7 Å². The summed E-state index contributed by atoms with van der Waals surface area (Å²) in [5.41, 5.74) is 4.64. The van der Waals surface area contributed by atoms with Crippen LogP contribution >= 0.6 is 0 Å². The van der Waals surface area contributed by atoms with Gasteiger partial charge in [0.05, 0.1) is 6.10 Å². The molecule has 1 fully saturated rings. The number of benzene rings is 2. The third-order valence-corrected chi connectivity index (χ3v) is 8.63. The molecule has 1 saturated carbocycles. The Bertz CT molecular complexity index is 1160. The molecular formula is C33H40O3. The second kappa shape index (κ2) is 11.1. The number of aryl methyl sites for hydroxylation is 1. The molecule has 3 heteroatoms. The van der Waals surface area contributed by atoms with Crippen LogP contribution in [0.15, 0.2) is 66.1 Å². The number of allylic oxidation sites excluding steroid dienone is 4. The second-order valence-corrected chi connectivity index (χ2v) is 11.1. The number of Topliss-reactive ketones (excluding diaryl/α,β-unsaturated/α-hetero) is 1. The summed E-state index contributed by atoms with van der Waals surface area (Å²) in [6.45, 7) is 6.87. The standard InChI is InChI=1S/C33H40O3/c1-22-10-7-8-11-25(22)20-23(2)29-14-9-15-30(29)24(3)35-28-17-18-31-26(21-28)16-19-32(33(31)34)36-27-12-5-4-6-13-27/h7-8,10-12,17-19,21,23-24,29-30H,4-6,9,13-16,20H2,1-3H3. The fourth-order valence-corrected chi connectivity index (χ4v) is 6.54. The van der Waals surface area contributed by atoms with E-state index in [1.165, 1.54) is 36.8 Å². The molecule has 4 unspecified atom stereocenters. The minimum atomic E-state index is -0.0109. The molecule has 0 amide bonds. The topological polar surface area (TPSA) is 35.5 Å². The maximum absolute atomic E-state index is 13.1. The molecule has 5 rings (SSSR count). The van der Waals surface area contributed by atoms with Crippen LogP contribution in [0.5, 0.6) is 5.75 Å². The van der Waals surface area contributed by atoms with Crippen LogP contribution < -0.4 is 4.74 Å². The molecule has 3 nitrogen and oxygen atoms in total. The van der Waals surface area contributed by atoms with Crippen LogP contribution in [0.25, 0.3) is 0 Å². The predicted molar refractivity (Wildman–Crippen MR) is 145 cm³/mol. The van der Waals surface area contributed by atoms with Gasteiger partial charge in [0.25, 0.3) is 0 Å². The molecule has 2 aromatic carbocycles. The Hall–Kier alpha value is -2.81. The van der Waals surface area contributed by atoms with Crippen LogP contribution in [0.3, 0.4) is 0 Å². The highest BCUT2D eigenvalue weighted by molar-refractivity contribution is 6.09. The molecule has 3 aliphatic carbocycles. The number of carbonyl (C=O) groups is 1. The van der Waals surface area contributed by atoms with Gasteiger partial charge in [-0.05, 0) is 124 Å². The Labute approximate surface area is 216 Å². The highest BCUT2D eigenvalue weighted by Gasteiger charge is 2.36. The predicted octanol–water partition coefficient (Wildman–Crippen LogP) is 8.15. The van der Waals surface area contributed by atoms with E-state index in [9.17, 15) is 4.79 Å². The molecule has 0 bridgehead atoms. The molecule has 0 spiro atoms. The minimum absolute atomic E-state index is 0.0109. The zero-order valence-corrected chi connectivity index (χ0v) is 22.1. The second-order valence-electron chi connectivity index (χ2n) is 11.1. The van der Waals surface area contributed by atoms with E-state index >= 15 is 0 Å². The lowest BCUT2D eigenvalue weighted by Crippen LogP contribution is -2.30. The summed E-state index contributed by atoms with van der Waals surface area (Å²) < 4.78 is 12.5. The van der Waals surface area contributed by atoms with Crippen molar-refractivity contribution in [2.45, 2.75) is 84.7 Å². The molecule has 2 aromatic rings. The summed E-state index contributed by atoms with van der Waals surface area (Å²) in [4.78, 5) is 13.1. The quantitative estimate of drug-likeness (QED) is 0.379. The van der Waals surface area contributed by atoms with Crippen LogP contribution in [0.1, 0.15) is 85.8 Å². The number of ether oxygens (including phenoxy) is 2. The SMILES string of the molecule is Cc1ccccc1CC(C)C1CCCC1C(C)Oc1ccc2c(c1)CC=C(OC1=CCCCC1)C2=O. The van der Waals surface area contributed by atoms with Gasteiger partial charge >= 0.3 is 0 Å². The monoisotopic (exact) mass is 484 g/mol. The first kappa shape index (κ1) is 24.9. The normalized spacial score (nSPS) is 23.4. The first-order valence-electron chi connectivity index (χ1n) is 14.0. The lowest BCUT2D eigenvalue weighted by molar-refractivity contribution is 0.0947. The molecule has 36 heavy (non-hydrogen) atoms. The third kappa shape index (κ3) is 5.45. The van der Waals surface area contributed by atoms with E-state index in [0.717, 1.165) is 48.3 Å². The van der Waals surface area contributed by atoms with Crippen molar-refractivity contribution in [3.8, 4) is 5.75 Å². The van der Waals surface area contributed by atoms with E-state index in [1.807, 2.05) is 18.2 Å². The van der Waals surface area contributed by atoms with Gasteiger partial charge in [-0.15, -0.1) is 0 Å². The van der Waals surface area contributed by atoms with Gasteiger partial charge in [0.1, 0.15) is 11.5 Å². The van der Waals surface area contributed by atoms with Gasteiger partial charge in [0.2, 0.25) is 5.78 Å². The van der Waals surface area contributed by atoms with E-state index in [0.29, 0.717) is 29.9 Å². The summed E-state index contributed by atoms with van der Waals surface area (Å²) >= 11 is 0. The van der Waals surface area contributed by atoms with Gasteiger partial charge in [-0.25, -0.2) is 0 Å². The number of carbonyl (C=O) groups excluding carboxylic acids is 1. The molecule has 190 valence electrons. The Morgan fingerprint density at radius 1 is 0.972 bits per heavy atom. The Balaban J connectivity index is 1.23. The molecular weight excluding hydrogens is 444 g/mol. The highest BCUT2D eigenvalue weighted by atomic mass is 16.5. The summed E-state index contributed by atoms with van der Waals surface area (Å²) in [6, 6.07) is 14.7. The van der Waals surface area contributed by atoms with Gasteiger partial charge in [-0.3, -0.25) is 4.79 Å². The zero-order chi connectivity index (χ0) is 25.1. The van der Waals surface area contributed by atoms with Gasteiger partial charge in [-0.1, -0.05) is 37.6 Å². The third-order valence-electron chi connectivity index (χ3n) is 8.63. The maximum Gasteiger partial charge on any atom is 0.228 e. The van der Waals surface area contributed by atoms with Crippen molar-refractivity contribution in [2.24, 2.45) is 17.8 Å². The number of ketones is 1.